The molecule has 2 saturated carbocycles. The van der Waals surface area contributed by atoms with Crippen molar-refractivity contribution in [3.05, 3.63) is 0 Å². The van der Waals surface area contributed by atoms with Crippen LogP contribution in [0.2, 0.25) is 0 Å². The van der Waals surface area contributed by atoms with Gasteiger partial charge in [-0.1, -0.05) is 12.8 Å². The van der Waals surface area contributed by atoms with Gasteiger partial charge >= 0.3 is 0 Å². The van der Waals surface area contributed by atoms with Crippen molar-refractivity contribution in [2.24, 2.45) is 11.7 Å². The van der Waals surface area contributed by atoms with Gasteiger partial charge in [-0.25, -0.2) is 0 Å². The summed E-state index contributed by atoms with van der Waals surface area (Å²) in [7, 11) is 0. The number of rotatable bonds is 6. The van der Waals surface area contributed by atoms with Crippen molar-refractivity contribution in [3.63, 3.8) is 0 Å². The fraction of sp³-hybridized carbons (Fsp3) is 1.00. The summed E-state index contributed by atoms with van der Waals surface area (Å²) in [6.07, 6.45) is 9.32. The molecule has 0 atom stereocenters. The van der Waals surface area contributed by atoms with Crippen molar-refractivity contribution >= 4 is 0 Å². The van der Waals surface area contributed by atoms with Crippen molar-refractivity contribution in [2.75, 3.05) is 13.1 Å². The van der Waals surface area contributed by atoms with E-state index in [1.165, 1.54) is 58.0 Å². The second-order valence-corrected chi connectivity index (χ2v) is 6.35. The van der Waals surface area contributed by atoms with Gasteiger partial charge in [0.2, 0.25) is 0 Å². The topological polar surface area (TPSA) is 29.3 Å². The lowest BCUT2D eigenvalue weighted by atomic mass is 9.94. The van der Waals surface area contributed by atoms with Crippen LogP contribution >= 0.6 is 0 Å². The van der Waals surface area contributed by atoms with Crippen LogP contribution in [0.15, 0.2) is 0 Å². The van der Waals surface area contributed by atoms with E-state index in [0.717, 1.165) is 5.92 Å². The average molecular weight is 224 g/mol. The van der Waals surface area contributed by atoms with E-state index >= 15 is 0 Å². The van der Waals surface area contributed by atoms with Gasteiger partial charge in [0.25, 0.3) is 0 Å². The Morgan fingerprint density at radius 3 is 2.38 bits per heavy atom. The van der Waals surface area contributed by atoms with E-state index in [-0.39, 0.29) is 5.54 Å². The molecule has 0 saturated heterocycles. The molecule has 2 fully saturated rings. The zero-order valence-corrected chi connectivity index (χ0v) is 11.0. The Labute approximate surface area is 101 Å². The molecule has 94 valence electrons. The van der Waals surface area contributed by atoms with Crippen molar-refractivity contribution in [1.82, 2.24) is 4.90 Å². The maximum atomic E-state index is 6.43. The van der Waals surface area contributed by atoms with Crippen LogP contribution in [0.1, 0.15) is 58.8 Å². The van der Waals surface area contributed by atoms with Gasteiger partial charge in [0, 0.05) is 24.7 Å². The lowest BCUT2D eigenvalue weighted by molar-refractivity contribution is 0.189. The lowest BCUT2D eigenvalue weighted by Gasteiger charge is -2.31. The zero-order valence-electron chi connectivity index (χ0n) is 11.0. The summed E-state index contributed by atoms with van der Waals surface area (Å²) in [6.45, 7) is 7.17. The Bertz CT molecular complexity index is 215. The SMILES string of the molecule is CC(C)N(CCC1(N)CCCC1)CC1CC1. The Kier molecular flexibility index (Phi) is 3.91. The Balaban J connectivity index is 1.75. The van der Waals surface area contributed by atoms with E-state index in [1.807, 2.05) is 0 Å². The molecule has 2 rings (SSSR count). The van der Waals surface area contributed by atoms with Gasteiger partial charge in [-0.2, -0.15) is 0 Å². The summed E-state index contributed by atoms with van der Waals surface area (Å²) in [5.41, 5.74) is 6.60. The molecule has 0 radical (unpaired) electrons. The smallest absolute Gasteiger partial charge is 0.0166 e. The molecule has 16 heavy (non-hydrogen) atoms. The predicted molar refractivity (Wildman–Crippen MR) is 69.4 cm³/mol. The molecule has 2 aliphatic carbocycles. The van der Waals surface area contributed by atoms with Crippen LogP contribution in [0, 0.1) is 5.92 Å². The Hall–Kier alpha value is -0.0800. The maximum Gasteiger partial charge on any atom is 0.0166 e. The first-order valence-electron chi connectivity index (χ1n) is 7.12. The van der Waals surface area contributed by atoms with Gasteiger partial charge in [-0.3, -0.25) is 0 Å². The van der Waals surface area contributed by atoms with Crippen molar-refractivity contribution in [3.8, 4) is 0 Å². The van der Waals surface area contributed by atoms with Crippen LogP contribution in [-0.2, 0) is 0 Å². The van der Waals surface area contributed by atoms with Gasteiger partial charge in [0.05, 0.1) is 0 Å². The number of hydrogen-bond acceptors (Lipinski definition) is 2. The second kappa shape index (κ2) is 5.05. The molecule has 0 aromatic carbocycles. The third-order valence-electron chi connectivity index (χ3n) is 4.42. The van der Waals surface area contributed by atoms with Crippen LogP contribution in [0.25, 0.3) is 0 Å². The third-order valence-corrected chi connectivity index (χ3v) is 4.42. The third kappa shape index (κ3) is 3.46. The van der Waals surface area contributed by atoms with Crippen molar-refractivity contribution in [2.45, 2.75) is 70.4 Å². The zero-order chi connectivity index (χ0) is 11.6. The fourth-order valence-corrected chi connectivity index (χ4v) is 2.89. The minimum absolute atomic E-state index is 0.177. The summed E-state index contributed by atoms with van der Waals surface area (Å²) in [6, 6.07) is 0.686. The fourth-order valence-electron chi connectivity index (χ4n) is 2.89. The highest BCUT2D eigenvalue weighted by Gasteiger charge is 2.31. The summed E-state index contributed by atoms with van der Waals surface area (Å²) in [5, 5.41) is 0. The van der Waals surface area contributed by atoms with Crippen molar-refractivity contribution < 1.29 is 0 Å². The minimum Gasteiger partial charge on any atom is -0.325 e. The highest BCUT2D eigenvalue weighted by atomic mass is 15.2. The van der Waals surface area contributed by atoms with Crippen LogP contribution < -0.4 is 5.73 Å². The second-order valence-electron chi connectivity index (χ2n) is 6.35. The van der Waals surface area contributed by atoms with E-state index in [1.54, 1.807) is 0 Å². The van der Waals surface area contributed by atoms with E-state index in [2.05, 4.69) is 18.7 Å². The molecule has 0 bridgehead atoms. The van der Waals surface area contributed by atoms with Gasteiger partial charge in [-0.15, -0.1) is 0 Å². The van der Waals surface area contributed by atoms with Crippen LogP contribution in [0.5, 0.6) is 0 Å². The molecule has 2 heteroatoms. The molecular formula is C14H28N2. The molecular weight excluding hydrogens is 196 g/mol. The quantitative estimate of drug-likeness (QED) is 0.751. The molecule has 0 aromatic rings. The Morgan fingerprint density at radius 2 is 1.88 bits per heavy atom. The Morgan fingerprint density at radius 1 is 1.25 bits per heavy atom. The van der Waals surface area contributed by atoms with E-state index in [0.29, 0.717) is 6.04 Å². The monoisotopic (exact) mass is 224 g/mol. The van der Waals surface area contributed by atoms with Crippen LogP contribution in [0.4, 0.5) is 0 Å². The molecule has 0 aromatic heterocycles. The normalized spacial score (nSPS) is 24.6. The van der Waals surface area contributed by atoms with Crippen LogP contribution in [0.3, 0.4) is 0 Å². The van der Waals surface area contributed by atoms with E-state index < -0.39 is 0 Å². The molecule has 0 unspecified atom stereocenters. The largest absolute Gasteiger partial charge is 0.325 e. The van der Waals surface area contributed by atoms with Gasteiger partial charge in [0.15, 0.2) is 0 Å². The van der Waals surface area contributed by atoms with E-state index in [9.17, 15) is 0 Å². The standard InChI is InChI=1S/C14H28N2/c1-12(2)16(11-13-5-6-13)10-9-14(15)7-3-4-8-14/h12-13H,3-11,15H2,1-2H3. The van der Waals surface area contributed by atoms with Crippen molar-refractivity contribution in [1.29, 1.82) is 0 Å². The molecule has 0 amide bonds. The summed E-state index contributed by atoms with van der Waals surface area (Å²) >= 11 is 0. The molecule has 2 aliphatic rings. The molecule has 0 aliphatic heterocycles. The summed E-state index contributed by atoms with van der Waals surface area (Å²) in [4.78, 5) is 2.64. The number of hydrogen-bond donors (Lipinski definition) is 1. The summed E-state index contributed by atoms with van der Waals surface area (Å²) < 4.78 is 0. The molecule has 2 nitrogen and oxygen atoms in total. The maximum absolute atomic E-state index is 6.43. The predicted octanol–water partition coefficient (Wildman–Crippen LogP) is 2.77. The first-order chi connectivity index (χ1) is 7.59. The summed E-state index contributed by atoms with van der Waals surface area (Å²) in [5.74, 6) is 1.000. The highest BCUT2D eigenvalue weighted by molar-refractivity contribution is 4.90. The lowest BCUT2D eigenvalue weighted by Crippen LogP contribution is -2.42. The minimum atomic E-state index is 0.177. The average Bonchev–Trinajstić information content (AvgIpc) is 2.95. The van der Waals surface area contributed by atoms with Gasteiger partial charge in [0.1, 0.15) is 0 Å². The molecule has 0 heterocycles. The molecule has 0 spiro atoms. The first-order valence-corrected chi connectivity index (χ1v) is 7.12. The first kappa shape index (κ1) is 12.4. The van der Waals surface area contributed by atoms with Crippen LogP contribution in [-0.4, -0.2) is 29.6 Å². The molecule has 2 N–H and O–H groups in total. The number of nitrogens with zero attached hydrogens (tertiary/aromatic N) is 1. The van der Waals surface area contributed by atoms with Gasteiger partial charge in [-0.05, 0) is 51.9 Å². The van der Waals surface area contributed by atoms with E-state index in [4.69, 9.17) is 5.73 Å². The number of nitrogens with two attached hydrogens (primary N) is 1. The van der Waals surface area contributed by atoms with Gasteiger partial charge < -0.3 is 10.6 Å². The highest BCUT2D eigenvalue weighted by Crippen LogP contribution is 2.32.